The fourth-order valence-electron chi connectivity index (χ4n) is 0.175. The minimum atomic E-state index is 0.259. The van der Waals surface area contributed by atoms with Gasteiger partial charge in [0.15, 0.2) is 0 Å². The largest absolute Gasteiger partial charge is 0.443 e. The summed E-state index contributed by atoms with van der Waals surface area (Å²) in [5, 5.41) is 0.259. The van der Waals surface area contributed by atoms with Gasteiger partial charge in [-0.25, -0.2) is 4.79 Å². The number of quaternary nitrogens is 1. The molecule has 0 aromatic heterocycles. The van der Waals surface area contributed by atoms with E-state index < -0.39 is 0 Å². The van der Waals surface area contributed by atoms with Gasteiger partial charge < -0.3 is 0 Å². The van der Waals surface area contributed by atoms with Gasteiger partial charge in [-0.3, -0.25) is 0 Å². The SMILES string of the molecule is C[N+]1(C)SC1=O. The predicted molar refractivity (Wildman–Crippen MR) is 25.1 cm³/mol. The Balaban J connectivity index is 2.63. The summed E-state index contributed by atoms with van der Waals surface area (Å²) in [6.07, 6.45) is 0. The van der Waals surface area contributed by atoms with Crippen LogP contribution >= 0.6 is 11.9 Å². The summed E-state index contributed by atoms with van der Waals surface area (Å²) in [6.45, 7) is 0. The number of nitrogens with zero attached hydrogens (tertiary/aromatic N) is 1. The highest BCUT2D eigenvalue weighted by atomic mass is 32.2. The summed E-state index contributed by atoms with van der Waals surface area (Å²) in [5.74, 6) is 0. The average molecular weight is 104 g/mol. The van der Waals surface area contributed by atoms with Gasteiger partial charge in [0.1, 0.15) is 0 Å². The van der Waals surface area contributed by atoms with Crippen LogP contribution in [-0.4, -0.2) is 23.2 Å². The third kappa shape index (κ3) is 0.438. The van der Waals surface area contributed by atoms with E-state index >= 15 is 0 Å². The third-order valence-electron chi connectivity index (χ3n) is 0.714. The molecule has 1 heterocycles. The van der Waals surface area contributed by atoms with E-state index in [1.54, 1.807) is 0 Å². The number of rotatable bonds is 0. The first-order chi connectivity index (χ1) is 2.63. The van der Waals surface area contributed by atoms with Crippen LogP contribution in [0.25, 0.3) is 0 Å². The Morgan fingerprint density at radius 2 is 1.83 bits per heavy atom. The van der Waals surface area contributed by atoms with Crippen molar-refractivity contribution in [1.29, 1.82) is 0 Å². The molecule has 1 fully saturated rings. The van der Waals surface area contributed by atoms with Gasteiger partial charge in [0.2, 0.25) is 11.9 Å². The highest BCUT2D eigenvalue weighted by Gasteiger charge is 2.51. The molecule has 0 aliphatic carbocycles. The molecule has 1 aliphatic rings. The molecule has 2 nitrogen and oxygen atoms in total. The Bertz CT molecular complexity index is 99.0. The molecular weight excluding hydrogens is 98.1 g/mol. The molecule has 1 amide bonds. The van der Waals surface area contributed by atoms with Gasteiger partial charge in [0.25, 0.3) is 0 Å². The Kier molecular flexibility index (Phi) is 0.547. The van der Waals surface area contributed by atoms with Crippen LogP contribution in [0.5, 0.6) is 0 Å². The predicted octanol–water partition coefficient (Wildman–Crippen LogP) is 0.845. The van der Waals surface area contributed by atoms with Gasteiger partial charge >= 0.3 is 5.24 Å². The summed E-state index contributed by atoms with van der Waals surface area (Å²) >= 11 is 1.35. The molecule has 0 spiro atoms. The summed E-state index contributed by atoms with van der Waals surface area (Å²) in [4.78, 5) is 10.1. The van der Waals surface area contributed by atoms with Crippen LogP contribution in [0.4, 0.5) is 4.79 Å². The molecule has 6 heavy (non-hydrogen) atoms. The van der Waals surface area contributed by atoms with Crippen LogP contribution in [-0.2, 0) is 0 Å². The highest BCUT2D eigenvalue weighted by molar-refractivity contribution is 8.16. The molecule has 0 bridgehead atoms. The average Bonchev–Trinajstić information content (AvgIpc) is 1.73. The molecule has 0 aromatic carbocycles. The van der Waals surface area contributed by atoms with E-state index in [9.17, 15) is 4.79 Å². The maximum absolute atomic E-state index is 10.1. The van der Waals surface area contributed by atoms with Gasteiger partial charge in [-0.05, 0) is 0 Å². The quantitative estimate of drug-likeness (QED) is 0.257. The van der Waals surface area contributed by atoms with Crippen molar-refractivity contribution in [3.05, 3.63) is 0 Å². The lowest BCUT2D eigenvalue weighted by Crippen LogP contribution is -2.09. The second-order valence-corrected chi connectivity index (χ2v) is 3.15. The van der Waals surface area contributed by atoms with Gasteiger partial charge in [0, 0.05) is 0 Å². The molecule has 3 heteroatoms. The van der Waals surface area contributed by atoms with E-state index in [2.05, 4.69) is 0 Å². The van der Waals surface area contributed by atoms with Crippen molar-refractivity contribution in [3.8, 4) is 0 Å². The summed E-state index contributed by atoms with van der Waals surface area (Å²) < 4.78 is 0.514. The number of carbonyl (C=O) groups excluding carboxylic acids is 1. The Labute approximate surface area is 40.9 Å². The standard InChI is InChI=1S/C3H6NOS/c1-4(2)3(5)6-4/h1-2H3/q+1. The monoisotopic (exact) mass is 104 g/mol. The van der Waals surface area contributed by atoms with Crippen molar-refractivity contribution < 1.29 is 8.68 Å². The zero-order chi connectivity index (χ0) is 4.78. The van der Waals surface area contributed by atoms with Crippen LogP contribution in [0, 0.1) is 0 Å². The Morgan fingerprint density at radius 3 is 1.83 bits per heavy atom. The van der Waals surface area contributed by atoms with Crippen molar-refractivity contribution >= 4 is 17.2 Å². The molecule has 1 rings (SSSR count). The molecule has 0 radical (unpaired) electrons. The first-order valence-electron chi connectivity index (χ1n) is 1.71. The van der Waals surface area contributed by atoms with E-state index in [0.29, 0.717) is 3.89 Å². The van der Waals surface area contributed by atoms with Crippen molar-refractivity contribution in [2.45, 2.75) is 0 Å². The van der Waals surface area contributed by atoms with E-state index in [-0.39, 0.29) is 5.24 Å². The van der Waals surface area contributed by atoms with Gasteiger partial charge in [-0.15, -0.1) is 0 Å². The first kappa shape index (κ1) is 4.15. The Morgan fingerprint density at radius 1 is 1.67 bits per heavy atom. The van der Waals surface area contributed by atoms with Gasteiger partial charge in [-0.1, -0.05) is 0 Å². The summed E-state index contributed by atoms with van der Waals surface area (Å²) in [6, 6.07) is 0. The van der Waals surface area contributed by atoms with Crippen molar-refractivity contribution in [2.75, 3.05) is 14.1 Å². The van der Waals surface area contributed by atoms with Crippen molar-refractivity contribution in [1.82, 2.24) is 0 Å². The van der Waals surface area contributed by atoms with Crippen molar-refractivity contribution in [3.63, 3.8) is 0 Å². The minimum absolute atomic E-state index is 0.259. The first-order valence-corrected chi connectivity index (χ1v) is 2.48. The fourth-order valence-corrected chi connectivity index (χ4v) is 0.524. The molecule has 34 valence electrons. The van der Waals surface area contributed by atoms with Crippen LogP contribution in [0.2, 0.25) is 0 Å². The number of carbonyl (C=O) groups is 1. The van der Waals surface area contributed by atoms with Crippen LogP contribution in [0.3, 0.4) is 0 Å². The molecule has 0 N–H and O–H groups in total. The van der Waals surface area contributed by atoms with Crippen LogP contribution in [0.1, 0.15) is 0 Å². The van der Waals surface area contributed by atoms with E-state index in [4.69, 9.17) is 0 Å². The lowest BCUT2D eigenvalue weighted by atomic mass is 11.0. The third-order valence-corrected chi connectivity index (χ3v) is 1.78. The van der Waals surface area contributed by atoms with Gasteiger partial charge in [0.05, 0.1) is 14.1 Å². The molecular formula is C3H6NOS+. The molecule has 0 aromatic rings. The topological polar surface area (TPSA) is 17.1 Å². The second-order valence-electron chi connectivity index (χ2n) is 1.71. The fraction of sp³-hybridized carbons (Fsp3) is 0.667. The van der Waals surface area contributed by atoms with Crippen molar-refractivity contribution in [2.24, 2.45) is 0 Å². The zero-order valence-corrected chi connectivity index (χ0v) is 4.58. The van der Waals surface area contributed by atoms with Gasteiger partial charge in [-0.2, -0.15) is 3.89 Å². The lowest BCUT2D eigenvalue weighted by molar-refractivity contribution is -0.610. The number of hydrogen-bond acceptors (Lipinski definition) is 2. The number of amides is 1. The van der Waals surface area contributed by atoms with Crippen LogP contribution < -0.4 is 0 Å². The summed E-state index contributed by atoms with van der Waals surface area (Å²) in [7, 11) is 3.74. The minimum Gasteiger partial charge on any atom is -0.212 e. The Hall–Kier alpha value is -0.0200. The molecule has 0 unspecified atom stereocenters. The maximum atomic E-state index is 10.1. The lowest BCUT2D eigenvalue weighted by Gasteiger charge is -1.86. The second kappa shape index (κ2) is 0.792. The molecule has 1 saturated heterocycles. The molecule has 0 saturated carbocycles. The highest BCUT2D eigenvalue weighted by Crippen LogP contribution is 2.38. The smallest absolute Gasteiger partial charge is 0.212 e. The van der Waals surface area contributed by atoms with Crippen LogP contribution in [0.15, 0.2) is 0 Å². The molecule has 1 aliphatic heterocycles. The summed E-state index contributed by atoms with van der Waals surface area (Å²) in [5.41, 5.74) is 0. The van der Waals surface area contributed by atoms with E-state index in [1.165, 1.54) is 11.9 Å². The normalized spacial score (nSPS) is 27.3. The van der Waals surface area contributed by atoms with E-state index in [1.807, 2.05) is 14.1 Å². The number of hydrogen-bond donors (Lipinski definition) is 0. The zero-order valence-electron chi connectivity index (χ0n) is 3.76. The van der Waals surface area contributed by atoms with E-state index in [0.717, 1.165) is 0 Å². The molecule has 0 atom stereocenters. The maximum Gasteiger partial charge on any atom is 0.443 e.